The fraction of sp³-hybridized carbons (Fsp3) is 0.583. The van der Waals surface area contributed by atoms with Crippen LogP contribution in [0.25, 0.3) is 0 Å². The van der Waals surface area contributed by atoms with Gasteiger partial charge in [0.25, 0.3) is 20.0 Å². The first-order valence-electron chi connectivity index (χ1n) is 22.6. The zero-order valence-electron chi connectivity index (χ0n) is 40.0. The molecule has 2 aliphatic heterocycles. The first-order valence-corrected chi connectivity index (χ1v) is 27.2. The van der Waals surface area contributed by atoms with Gasteiger partial charge in [-0.05, 0) is 141 Å². The molecule has 0 spiro atoms. The molecule has 64 heavy (non-hydrogen) atoms. The van der Waals surface area contributed by atoms with E-state index in [0.717, 1.165) is 35.6 Å². The molecule has 6 rings (SSSR count). The van der Waals surface area contributed by atoms with E-state index >= 15 is 0 Å². The summed E-state index contributed by atoms with van der Waals surface area (Å²) in [5, 5.41) is 24.2. The highest BCUT2D eigenvalue weighted by Crippen LogP contribution is 2.32. The average Bonchev–Trinajstić information content (AvgIpc) is 3.98. The molecule has 0 saturated carbocycles. The highest BCUT2D eigenvalue weighted by molar-refractivity contribution is 7.91. The molecule has 2 aromatic carbocycles. The molecule has 4 heterocycles. The number of hydrogen-bond donors (Lipinski definition) is 2. The van der Waals surface area contributed by atoms with E-state index in [1.54, 1.807) is 60.6 Å². The fourth-order valence-electron chi connectivity index (χ4n) is 8.80. The van der Waals surface area contributed by atoms with E-state index in [4.69, 9.17) is 0 Å². The molecule has 0 aliphatic carbocycles. The van der Waals surface area contributed by atoms with Gasteiger partial charge >= 0.3 is 0 Å². The summed E-state index contributed by atoms with van der Waals surface area (Å²) in [5.41, 5.74) is 2.06. The van der Waals surface area contributed by atoms with Gasteiger partial charge in [0.15, 0.2) is 0 Å². The predicted octanol–water partition coefficient (Wildman–Crippen LogP) is 7.95. The van der Waals surface area contributed by atoms with Gasteiger partial charge in [-0.15, -0.1) is 22.7 Å². The first-order chi connectivity index (χ1) is 29.8. The molecule has 2 fully saturated rings. The molecular weight excluding hydrogens is 885 g/mol. The minimum absolute atomic E-state index is 0.0243. The molecule has 16 heteroatoms. The molecule has 0 bridgehead atoms. The van der Waals surface area contributed by atoms with Crippen molar-refractivity contribution in [3.05, 3.63) is 94.7 Å². The van der Waals surface area contributed by atoms with Crippen molar-refractivity contribution in [1.82, 2.24) is 18.4 Å². The monoisotopic (exact) mass is 958 g/mol. The second-order valence-electron chi connectivity index (χ2n) is 19.3. The Hall–Kier alpha value is -2.90. The summed E-state index contributed by atoms with van der Waals surface area (Å²) in [4.78, 5) is 9.49. The standard InChI is InChI=1S/2C24H37N3O3S2/c2*1-18(2)27(19(3)4)17-22-16-25(32(29,30)23-8-7-15-31-23)13-14-26(22)21-11-9-20(10-12-21)24(5,6)28/h2*7-12,15,18-19,22,28H,13-14,16-17H2,1-6H3/t2*22-/m11/s1. The number of rotatable bonds is 16. The van der Waals surface area contributed by atoms with Crippen LogP contribution in [0, 0.1) is 0 Å². The molecule has 2 aromatic heterocycles. The van der Waals surface area contributed by atoms with E-state index in [1.165, 1.54) is 22.7 Å². The topological polar surface area (TPSA) is 128 Å². The molecule has 2 N–H and O–H groups in total. The Morgan fingerprint density at radius 3 is 1.11 bits per heavy atom. The number of nitrogens with zero attached hydrogens (tertiary/aromatic N) is 6. The van der Waals surface area contributed by atoms with Crippen LogP contribution in [0.4, 0.5) is 11.4 Å². The molecule has 2 saturated heterocycles. The summed E-state index contributed by atoms with van der Waals surface area (Å²) in [6.45, 7) is 29.2. The summed E-state index contributed by atoms with van der Waals surface area (Å²) >= 11 is 2.54. The van der Waals surface area contributed by atoms with E-state index in [2.05, 4.69) is 75.0 Å². The van der Waals surface area contributed by atoms with Crippen LogP contribution in [0.5, 0.6) is 0 Å². The first kappa shape index (κ1) is 52.1. The van der Waals surface area contributed by atoms with Gasteiger partial charge in [0.05, 0.1) is 23.3 Å². The van der Waals surface area contributed by atoms with E-state index in [1.807, 2.05) is 59.3 Å². The van der Waals surface area contributed by atoms with Crippen LogP contribution in [-0.4, -0.2) is 134 Å². The maximum atomic E-state index is 13.2. The van der Waals surface area contributed by atoms with Crippen molar-refractivity contribution in [3.63, 3.8) is 0 Å². The van der Waals surface area contributed by atoms with Gasteiger partial charge in [0, 0.05) is 87.9 Å². The molecular formula is C48H74N6O6S4. The van der Waals surface area contributed by atoms with Gasteiger partial charge < -0.3 is 20.0 Å². The van der Waals surface area contributed by atoms with Crippen LogP contribution < -0.4 is 9.80 Å². The number of sulfonamides is 2. The van der Waals surface area contributed by atoms with Crippen molar-refractivity contribution in [3.8, 4) is 0 Å². The lowest BCUT2D eigenvalue weighted by Crippen LogP contribution is -2.59. The van der Waals surface area contributed by atoms with Gasteiger partial charge in [-0.3, -0.25) is 9.80 Å². The number of anilines is 2. The zero-order chi connectivity index (χ0) is 47.4. The normalized spacial score (nSPS) is 18.8. The number of piperazine rings is 2. The largest absolute Gasteiger partial charge is 0.386 e. The highest BCUT2D eigenvalue weighted by Gasteiger charge is 2.38. The van der Waals surface area contributed by atoms with Crippen molar-refractivity contribution in [2.24, 2.45) is 0 Å². The Balaban J connectivity index is 0.000000241. The molecule has 12 nitrogen and oxygen atoms in total. The van der Waals surface area contributed by atoms with Crippen molar-refractivity contribution in [2.75, 3.05) is 62.2 Å². The quantitative estimate of drug-likeness (QED) is 0.114. The van der Waals surface area contributed by atoms with E-state index < -0.39 is 31.2 Å². The van der Waals surface area contributed by atoms with Crippen LogP contribution >= 0.6 is 22.7 Å². The highest BCUT2D eigenvalue weighted by atomic mass is 32.3. The fourth-order valence-corrected chi connectivity index (χ4v) is 14.0. The summed E-state index contributed by atoms with van der Waals surface area (Å²) in [6.07, 6.45) is 0. The van der Waals surface area contributed by atoms with Crippen molar-refractivity contribution in [1.29, 1.82) is 0 Å². The lowest BCUT2D eigenvalue weighted by atomic mass is 9.98. The number of hydrogen-bond acceptors (Lipinski definition) is 12. The van der Waals surface area contributed by atoms with Gasteiger partial charge in [-0.2, -0.15) is 8.61 Å². The zero-order valence-corrected chi connectivity index (χ0v) is 43.3. The third kappa shape index (κ3) is 12.7. The Labute approximate surface area is 393 Å². The summed E-state index contributed by atoms with van der Waals surface area (Å²) in [7, 11) is -6.97. The number of aliphatic hydroxyl groups is 2. The van der Waals surface area contributed by atoms with Crippen LogP contribution in [0.1, 0.15) is 94.2 Å². The van der Waals surface area contributed by atoms with E-state index in [0.29, 0.717) is 71.9 Å². The lowest BCUT2D eigenvalue weighted by molar-refractivity contribution is 0.0780. The Bertz CT molecular complexity index is 2080. The molecule has 0 unspecified atom stereocenters. The lowest BCUT2D eigenvalue weighted by Gasteiger charge is -2.45. The van der Waals surface area contributed by atoms with Gasteiger partial charge in [-0.1, -0.05) is 36.4 Å². The molecule has 4 aromatic rings. The average molecular weight is 959 g/mol. The van der Waals surface area contributed by atoms with Crippen molar-refractivity contribution in [2.45, 2.75) is 139 Å². The molecule has 2 atom stereocenters. The summed E-state index contributed by atoms with van der Waals surface area (Å²) in [6, 6.07) is 24.4. The minimum atomic E-state index is -3.49. The molecule has 2 aliphatic rings. The third-order valence-corrected chi connectivity index (χ3v) is 18.9. The smallest absolute Gasteiger partial charge is 0.252 e. The van der Waals surface area contributed by atoms with Crippen LogP contribution in [0.3, 0.4) is 0 Å². The molecule has 356 valence electrons. The van der Waals surface area contributed by atoms with E-state index in [-0.39, 0.29) is 12.1 Å². The maximum Gasteiger partial charge on any atom is 0.252 e. The number of benzene rings is 2. The second-order valence-corrected chi connectivity index (χ2v) is 25.5. The molecule has 0 amide bonds. The van der Waals surface area contributed by atoms with Gasteiger partial charge in [-0.25, -0.2) is 16.8 Å². The Morgan fingerprint density at radius 1 is 0.547 bits per heavy atom. The van der Waals surface area contributed by atoms with Crippen LogP contribution in [-0.2, 0) is 31.2 Å². The second kappa shape index (κ2) is 21.4. The SMILES string of the molecule is CC(C)N(C[C@H]1CN(S(=O)(=O)c2cccs2)CCN1c1ccc(C(C)(C)O)cc1)C(C)C.CC(C)N(C[C@H]1CN(S(=O)(=O)c2cccs2)CCN1c1ccc(C(C)(C)O)cc1)C(C)C. The van der Waals surface area contributed by atoms with E-state index in [9.17, 15) is 27.0 Å². The van der Waals surface area contributed by atoms with Crippen molar-refractivity contribution < 1.29 is 27.0 Å². The number of thiophene rings is 2. The third-order valence-electron chi connectivity index (χ3n) is 12.4. The van der Waals surface area contributed by atoms with Crippen molar-refractivity contribution >= 4 is 54.1 Å². The molecule has 0 radical (unpaired) electrons. The van der Waals surface area contributed by atoms with Crippen LogP contribution in [0.2, 0.25) is 0 Å². The summed E-state index contributed by atoms with van der Waals surface area (Å²) < 4.78 is 57.0. The maximum absolute atomic E-state index is 13.2. The Kier molecular flexibility index (Phi) is 17.4. The predicted molar refractivity (Wildman–Crippen MR) is 266 cm³/mol. The summed E-state index contributed by atoms with van der Waals surface area (Å²) in [5.74, 6) is 0. The minimum Gasteiger partial charge on any atom is -0.386 e. The Morgan fingerprint density at radius 2 is 0.859 bits per heavy atom. The van der Waals surface area contributed by atoms with Gasteiger partial charge in [0.2, 0.25) is 0 Å². The van der Waals surface area contributed by atoms with Gasteiger partial charge in [0.1, 0.15) is 8.42 Å². The van der Waals surface area contributed by atoms with Crippen LogP contribution in [0.15, 0.2) is 92.0 Å².